The summed E-state index contributed by atoms with van der Waals surface area (Å²) in [6.45, 7) is 1.57. The number of fused-ring (bicyclic) bond motifs is 1. The van der Waals surface area contributed by atoms with E-state index in [1.165, 1.54) is 0 Å². The molecule has 1 aromatic carbocycles. The molecule has 2 heterocycles. The summed E-state index contributed by atoms with van der Waals surface area (Å²) in [5.74, 6) is 0. The third-order valence-electron chi connectivity index (χ3n) is 3.98. The van der Waals surface area contributed by atoms with Gasteiger partial charge < -0.3 is 19.6 Å². The molecule has 0 aliphatic rings. The zero-order valence-electron chi connectivity index (χ0n) is 12.6. The lowest BCUT2D eigenvalue weighted by Gasteiger charge is -2.23. The summed E-state index contributed by atoms with van der Waals surface area (Å²) in [5.41, 5.74) is 1.37. The van der Waals surface area contributed by atoms with Crippen molar-refractivity contribution in [2.45, 2.75) is 18.9 Å². The molecule has 0 spiro atoms. The monoisotopic (exact) mass is 332 g/mol. The molecule has 3 rings (SSSR count). The van der Waals surface area contributed by atoms with E-state index in [1.807, 2.05) is 12.1 Å². The molecule has 0 bridgehead atoms. The summed E-state index contributed by atoms with van der Waals surface area (Å²) >= 11 is 5.93. The fraction of sp³-hybridized carbons (Fsp3) is 0.235. The van der Waals surface area contributed by atoms with Gasteiger partial charge in [-0.15, -0.1) is 0 Å². The highest BCUT2D eigenvalue weighted by Crippen LogP contribution is 2.26. The number of aliphatic hydroxyl groups excluding tert-OH is 1. The summed E-state index contributed by atoms with van der Waals surface area (Å²) < 4.78 is 1.69. The van der Waals surface area contributed by atoms with Crippen molar-refractivity contribution in [1.29, 1.82) is 0 Å². The number of aliphatic hydroxyl groups is 2. The van der Waals surface area contributed by atoms with Crippen LogP contribution in [0.5, 0.6) is 0 Å². The Balaban J connectivity index is 2.01. The predicted octanol–water partition coefficient (Wildman–Crippen LogP) is 2.54. The van der Waals surface area contributed by atoms with Crippen molar-refractivity contribution in [3.05, 3.63) is 63.7 Å². The molecule has 0 radical (unpaired) electrons. The van der Waals surface area contributed by atoms with Gasteiger partial charge in [0, 0.05) is 25.4 Å². The van der Waals surface area contributed by atoms with E-state index in [0.717, 1.165) is 5.56 Å². The molecule has 3 N–H and O–H groups in total. The third kappa shape index (κ3) is 3.03. The highest BCUT2D eigenvalue weighted by Gasteiger charge is 2.22. The number of benzene rings is 1. The number of H-pyrrole nitrogens is 1. The molecule has 120 valence electrons. The lowest BCUT2D eigenvalue weighted by Crippen LogP contribution is -2.22. The van der Waals surface area contributed by atoms with Crippen molar-refractivity contribution >= 4 is 17.1 Å². The molecule has 0 saturated heterocycles. The average molecular weight is 333 g/mol. The quantitative estimate of drug-likeness (QED) is 0.687. The van der Waals surface area contributed by atoms with E-state index in [9.17, 15) is 9.90 Å². The van der Waals surface area contributed by atoms with Gasteiger partial charge >= 0.3 is 0 Å². The van der Waals surface area contributed by atoms with Crippen LogP contribution in [0.2, 0.25) is 5.02 Å². The van der Waals surface area contributed by atoms with Gasteiger partial charge in [0.15, 0.2) is 0 Å². The molecular formula is C17H17ClN2O3. The van der Waals surface area contributed by atoms with Crippen LogP contribution in [-0.2, 0) is 5.60 Å². The molecule has 0 fully saturated rings. The first-order valence-corrected chi connectivity index (χ1v) is 7.63. The standard InChI is InChI=1S/C17H17ClN2O3/c1-17(23,6-7-21)12-4-2-11(3-5-12)14-10-20-9-13(18)8-15(20)16(22)19-14/h2-5,8-10,21,23H,6-7H2,1H3,(H,19,22). The summed E-state index contributed by atoms with van der Waals surface area (Å²) in [6.07, 6.45) is 3.73. The van der Waals surface area contributed by atoms with Gasteiger partial charge in [0.2, 0.25) is 0 Å². The van der Waals surface area contributed by atoms with Crippen LogP contribution in [0, 0.1) is 0 Å². The maximum atomic E-state index is 12.1. The highest BCUT2D eigenvalue weighted by molar-refractivity contribution is 6.31. The van der Waals surface area contributed by atoms with Gasteiger partial charge in [-0.1, -0.05) is 35.9 Å². The zero-order chi connectivity index (χ0) is 16.6. The molecule has 0 saturated carbocycles. The van der Waals surface area contributed by atoms with Gasteiger partial charge in [0.25, 0.3) is 5.56 Å². The highest BCUT2D eigenvalue weighted by atomic mass is 35.5. The fourth-order valence-corrected chi connectivity index (χ4v) is 2.82. The molecule has 0 amide bonds. The molecule has 1 atom stereocenters. The molecule has 23 heavy (non-hydrogen) atoms. The first kappa shape index (κ1) is 15.8. The predicted molar refractivity (Wildman–Crippen MR) is 89.7 cm³/mol. The Morgan fingerprint density at radius 3 is 2.61 bits per heavy atom. The average Bonchev–Trinajstić information content (AvgIpc) is 2.88. The molecule has 1 unspecified atom stereocenters. The normalized spacial score (nSPS) is 14.1. The minimum absolute atomic E-state index is 0.0902. The lowest BCUT2D eigenvalue weighted by molar-refractivity contribution is 0.0299. The van der Waals surface area contributed by atoms with E-state index in [-0.39, 0.29) is 18.6 Å². The zero-order valence-corrected chi connectivity index (χ0v) is 13.3. The summed E-state index contributed by atoms with van der Waals surface area (Å²) in [7, 11) is 0. The molecular weight excluding hydrogens is 316 g/mol. The van der Waals surface area contributed by atoms with Crippen LogP contribution >= 0.6 is 11.6 Å². The fourth-order valence-electron chi connectivity index (χ4n) is 2.61. The van der Waals surface area contributed by atoms with E-state index in [4.69, 9.17) is 16.7 Å². The summed E-state index contributed by atoms with van der Waals surface area (Å²) in [6, 6.07) is 8.83. The van der Waals surface area contributed by atoms with Gasteiger partial charge in [0.1, 0.15) is 5.52 Å². The number of aromatic nitrogens is 2. The van der Waals surface area contributed by atoms with E-state index in [1.54, 1.807) is 41.9 Å². The number of halogens is 1. The number of nitrogens with one attached hydrogen (secondary N) is 1. The van der Waals surface area contributed by atoms with Crippen LogP contribution in [0.1, 0.15) is 18.9 Å². The number of rotatable bonds is 4. The van der Waals surface area contributed by atoms with Crippen molar-refractivity contribution in [2.24, 2.45) is 0 Å². The lowest BCUT2D eigenvalue weighted by atomic mass is 9.92. The maximum Gasteiger partial charge on any atom is 0.272 e. The number of aromatic amines is 1. The minimum Gasteiger partial charge on any atom is -0.396 e. The van der Waals surface area contributed by atoms with Gasteiger partial charge in [-0.2, -0.15) is 0 Å². The molecule has 0 aliphatic heterocycles. The Morgan fingerprint density at radius 1 is 1.26 bits per heavy atom. The molecule has 5 nitrogen and oxygen atoms in total. The molecule has 0 aliphatic carbocycles. The van der Waals surface area contributed by atoms with E-state index in [2.05, 4.69) is 4.98 Å². The second kappa shape index (κ2) is 5.85. The smallest absolute Gasteiger partial charge is 0.272 e. The molecule has 3 aromatic rings. The van der Waals surface area contributed by atoms with Crippen LogP contribution in [0.25, 0.3) is 16.8 Å². The number of hydrogen-bond acceptors (Lipinski definition) is 3. The van der Waals surface area contributed by atoms with Crippen LogP contribution in [-0.4, -0.2) is 26.2 Å². The SMILES string of the molecule is CC(O)(CCO)c1ccc(-c2cn3cc(Cl)cc3c(=O)[nH]2)cc1. The van der Waals surface area contributed by atoms with E-state index < -0.39 is 5.60 Å². The Bertz CT molecular complexity index is 894. The topological polar surface area (TPSA) is 77.7 Å². The van der Waals surface area contributed by atoms with Gasteiger partial charge in [-0.3, -0.25) is 4.79 Å². The largest absolute Gasteiger partial charge is 0.396 e. The summed E-state index contributed by atoms with van der Waals surface area (Å²) in [5, 5.41) is 19.8. The Kier molecular flexibility index (Phi) is 4.02. The first-order chi connectivity index (χ1) is 10.9. The van der Waals surface area contributed by atoms with Crippen molar-refractivity contribution in [1.82, 2.24) is 9.38 Å². The van der Waals surface area contributed by atoms with Crippen molar-refractivity contribution in [2.75, 3.05) is 6.61 Å². The van der Waals surface area contributed by atoms with Crippen molar-refractivity contribution < 1.29 is 10.2 Å². The molecule has 2 aromatic heterocycles. The van der Waals surface area contributed by atoms with Crippen molar-refractivity contribution in [3.8, 4) is 11.3 Å². The Labute approximate surface area is 137 Å². The van der Waals surface area contributed by atoms with E-state index in [0.29, 0.717) is 21.8 Å². The number of hydrogen-bond donors (Lipinski definition) is 3. The van der Waals surface area contributed by atoms with Gasteiger partial charge in [-0.05, 0) is 24.1 Å². The maximum absolute atomic E-state index is 12.1. The Hall–Kier alpha value is -2.08. The van der Waals surface area contributed by atoms with Crippen LogP contribution in [0.3, 0.4) is 0 Å². The second-order valence-corrected chi connectivity index (χ2v) is 6.21. The van der Waals surface area contributed by atoms with Crippen molar-refractivity contribution in [3.63, 3.8) is 0 Å². The second-order valence-electron chi connectivity index (χ2n) is 5.77. The first-order valence-electron chi connectivity index (χ1n) is 7.25. The van der Waals surface area contributed by atoms with Gasteiger partial charge in [-0.25, -0.2) is 0 Å². The summed E-state index contributed by atoms with van der Waals surface area (Å²) in [4.78, 5) is 14.9. The van der Waals surface area contributed by atoms with Gasteiger partial charge in [0.05, 0.1) is 16.3 Å². The minimum atomic E-state index is -1.08. The molecule has 6 heteroatoms. The van der Waals surface area contributed by atoms with Crippen LogP contribution in [0.15, 0.2) is 47.5 Å². The Morgan fingerprint density at radius 2 is 1.96 bits per heavy atom. The number of nitrogens with zero attached hydrogens (tertiary/aromatic N) is 1. The third-order valence-corrected chi connectivity index (χ3v) is 4.19. The van der Waals surface area contributed by atoms with Crippen LogP contribution in [0.4, 0.5) is 0 Å². The van der Waals surface area contributed by atoms with Crippen LogP contribution < -0.4 is 5.56 Å². The van der Waals surface area contributed by atoms with E-state index >= 15 is 0 Å².